The lowest BCUT2D eigenvalue weighted by molar-refractivity contribution is -0.116. The second kappa shape index (κ2) is 4.57. The fourth-order valence-corrected chi connectivity index (χ4v) is 2.09. The summed E-state index contributed by atoms with van der Waals surface area (Å²) < 4.78 is 5.68. The van der Waals surface area contributed by atoms with Crippen molar-refractivity contribution < 1.29 is 9.53 Å². The maximum Gasteiger partial charge on any atom is 0.245 e. The van der Waals surface area contributed by atoms with E-state index in [4.69, 9.17) is 22.1 Å². The van der Waals surface area contributed by atoms with E-state index in [9.17, 15) is 4.79 Å². The fourth-order valence-electron chi connectivity index (χ4n) is 1.97. The molecule has 0 radical (unpaired) electrons. The first-order valence-electron chi connectivity index (χ1n) is 5.77. The van der Waals surface area contributed by atoms with Gasteiger partial charge in [-0.15, -0.1) is 0 Å². The van der Waals surface area contributed by atoms with Gasteiger partial charge in [-0.05, 0) is 30.3 Å². The molecule has 0 bridgehead atoms. The molecule has 0 spiro atoms. The number of carbonyl (C=O) groups is 1. The molecule has 2 aromatic rings. The quantitative estimate of drug-likeness (QED) is 0.884. The summed E-state index contributed by atoms with van der Waals surface area (Å²) in [6, 6.07) is 11.8. The van der Waals surface area contributed by atoms with Crippen molar-refractivity contribution in [2.24, 2.45) is 5.73 Å². The van der Waals surface area contributed by atoms with E-state index in [0.717, 1.165) is 5.56 Å². The van der Waals surface area contributed by atoms with Crippen molar-refractivity contribution >= 4 is 23.2 Å². The molecule has 1 heterocycles. The first-order chi connectivity index (χ1) is 9.13. The Bertz CT molecular complexity index is 640. The first kappa shape index (κ1) is 12.0. The van der Waals surface area contributed by atoms with Crippen LogP contribution >= 0.6 is 11.6 Å². The maximum atomic E-state index is 11.4. The summed E-state index contributed by atoms with van der Waals surface area (Å²) in [6.07, 6.45) is 0. The van der Waals surface area contributed by atoms with Crippen LogP contribution in [0.2, 0.25) is 5.02 Å². The number of anilines is 1. The van der Waals surface area contributed by atoms with Gasteiger partial charge < -0.3 is 15.8 Å². The summed E-state index contributed by atoms with van der Waals surface area (Å²) in [5, 5.41) is 3.37. The normalized spacial score (nSPS) is 16.9. The molecule has 19 heavy (non-hydrogen) atoms. The van der Waals surface area contributed by atoms with Gasteiger partial charge in [0.1, 0.15) is 17.5 Å². The molecule has 1 amide bonds. The van der Waals surface area contributed by atoms with E-state index in [2.05, 4.69) is 5.32 Å². The van der Waals surface area contributed by atoms with Gasteiger partial charge in [-0.3, -0.25) is 4.79 Å². The smallest absolute Gasteiger partial charge is 0.245 e. The number of nitrogens with two attached hydrogens (primary N) is 1. The van der Waals surface area contributed by atoms with Crippen LogP contribution in [0.3, 0.4) is 0 Å². The predicted octanol–water partition coefficient (Wildman–Crippen LogP) is 3.08. The molecule has 0 saturated heterocycles. The largest absolute Gasteiger partial charge is 0.457 e. The summed E-state index contributed by atoms with van der Waals surface area (Å²) in [4.78, 5) is 11.4. The Hall–Kier alpha value is -2.04. The average Bonchev–Trinajstić information content (AvgIpc) is 2.68. The third-order valence-electron chi connectivity index (χ3n) is 2.95. The van der Waals surface area contributed by atoms with Crippen molar-refractivity contribution in [3.8, 4) is 11.5 Å². The van der Waals surface area contributed by atoms with Crippen molar-refractivity contribution in [2.45, 2.75) is 6.04 Å². The summed E-state index contributed by atoms with van der Waals surface area (Å²) in [5.41, 5.74) is 7.23. The number of amides is 1. The van der Waals surface area contributed by atoms with Crippen LogP contribution in [0.25, 0.3) is 0 Å². The molecule has 0 aliphatic carbocycles. The minimum atomic E-state index is -0.598. The van der Waals surface area contributed by atoms with E-state index in [1.54, 1.807) is 42.5 Å². The Kier molecular flexibility index (Phi) is 2.89. The molecule has 1 aliphatic heterocycles. The highest BCUT2D eigenvalue weighted by Gasteiger charge is 2.27. The first-order valence-corrected chi connectivity index (χ1v) is 6.15. The van der Waals surface area contributed by atoms with Gasteiger partial charge in [-0.1, -0.05) is 17.7 Å². The van der Waals surface area contributed by atoms with E-state index < -0.39 is 6.04 Å². The highest BCUT2D eigenvalue weighted by molar-refractivity contribution is 6.30. The van der Waals surface area contributed by atoms with Crippen molar-refractivity contribution in [1.29, 1.82) is 0 Å². The lowest BCUT2D eigenvalue weighted by Gasteiger charge is -2.08. The molecule has 5 heteroatoms. The number of rotatable bonds is 2. The van der Waals surface area contributed by atoms with Gasteiger partial charge in [-0.2, -0.15) is 0 Å². The van der Waals surface area contributed by atoms with E-state index >= 15 is 0 Å². The summed E-state index contributed by atoms with van der Waals surface area (Å²) >= 11 is 5.81. The van der Waals surface area contributed by atoms with Gasteiger partial charge in [-0.25, -0.2) is 0 Å². The molecule has 3 rings (SSSR count). The van der Waals surface area contributed by atoms with Crippen LogP contribution in [0.15, 0.2) is 42.5 Å². The zero-order valence-corrected chi connectivity index (χ0v) is 10.6. The van der Waals surface area contributed by atoms with E-state index in [0.29, 0.717) is 22.2 Å². The molecule has 1 unspecified atom stereocenters. The SMILES string of the molecule is NC1C(=O)Nc2cc(Oc3ccc(Cl)cc3)ccc21. The number of hydrogen-bond donors (Lipinski definition) is 2. The van der Waals surface area contributed by atoms with Gasteiger partial charge in [0, 0.05) is 22.3 Å². The van der Waals surface area contributed by atoms with Crippen molar-refractivity contribution in [3.63, 3.8) is 0 Å². The minimum Gasteiger partial charge on any atom is -0.457 e. The highest BCUT2D eigenvalue weighted by Crippen LogP contribution is 2.34. The predicted molar refractivity (Wildman–Crippen MR) is 73.5 cm³/mol. The van der Waals surface area contributed by atoms with Gasteiger partial charge >= 0.3 is 0 Å². The minimum absolute atomic E-state index is 0.196. The number of nitrogens with one attached hydrogen (secondary N) is 1. The van der Waals surface area contributed by atoms with Crippen molar-refractivity contribution in [3.05, 3.63) is 53.1 Å². The molecule has 0 aromatic heterocycles. The van der Waals surface area contributed by atoms with Crippen LogP contribution in [0.4, 0.5) is 5.69 Å². The topological polar surface area (TPSA) is 64.4 Å². The molecule has 3 N–H and O–H groups in total. The molecule has 2 aromatic carbocycles. The zero-order valence-electron chi connectivity index (χ0n) is 9.89. The highest BCUT2D eigenvalue weighted by atomic mass is 35.5. The van der Waals surface area contributed by atoms with Gasteiger partial charge in [0.2, 0.25) is 5.91 Å². The van der Waals surface area contributed by atoms with E-state index in [1.165, 1.54) is 0 Å². The van der Waals surface area contributed by atoms with Crippen LogP contribution in [0.5, 0.6) is 11.5 Å². The Morgan fingerprint density at radius 3 is 2.53 bits per heavy atom. The molecule has 96 valence electrons. The van der Waals surface area contributed by atoms with E-state index in [-0.39, 0.29) is 5.91 Å². The molecule has 1 atom stereocenters. The summed E-state index contributed by atoms with van der Waals surface area (Å²) in [6.45, 7) is 0. The third-order valence-corrected chi connectivity index (χ3v) is 3.20. The molecular weight excluding hydrogens is 264 g/mol. The lowest BCUT2D eigenvalue weighted by atomic mass is 10.1. The van der Waals surface area contributed by atoms with Gasteiger partial charge in [0.25, 0.3) is 0 Å². The Morgan fingerprint density at radius 1 is 1.11 bits per heavy atom. The maximum absolute atomic E-state index is 11.4. The van der Waals surface area contributed by atoms with Crippen LogP contribution in [-0.4, -0.2) is 5.91 Å². The lowest BCUT2D eigenvalue weighted by Crippen LogP contribution is -2.19. The Morgan fingerprint density at radius 2 is 1.79 bits per heavy atom. The number of ether oxygens (including phenoxy) is 1. The molecule has 1 aliphatic rings. The summed E-state index contributed by atoms with van der Waals surface area (Å²) in [7, 11) is 0. The van der Waals surface area contributed by atoms with Gasteiger partial charge in [0.05, 0.1) is 0 Å². The van der Waals surface area contributed by atoms with Crippen LogP contribution in [-0.2, 0) is 4.79 Å². The van der Waals surface area contributed by atoms with E-state index in [1.807, 2.05) is 0 Å². The molecule has 0 saturated carbocycles. The van der Waals surface area contributed by atoms with Crippen LogP contribution in [0.1, 0.15) is 11.6 Å². The second-order valence-corrected chi connectivity index (χ2v) is 4.71. The molecular formula is C14H11ClN2O2. The van der Waals surface area contributed by atoms with Crippen LogP contribution in [0, 0.1) is 0 Å². The number of hydrogen-bond acceptors (Lipinski definition) is 3. The fraction of sp³-hybridized carbons (Fsp3) is 0.0714. The second-order valence-electron chi connectivity index (χ2n) is 4.27. The number of carbonyl (C=O) groups excluding carboxylic acids is 1. The summed E-state index contributed by atoms with van der Waals surface area (Å²) in [5.74, 6) is 1.12. The average molecular weight is 275 g/mol. The molecule has 0 fully saturated rings. The number of halogens is 1. The monoisotopic (exact) mass is 274 g/mol. The zero-order chi connectivity index (χ0) is 13.4. The van der Waals surface area contributed by atoms with Crippen molar-refractivity contribution in [2.75, 3.05) is 5.32 Å². The van der Waals surface area contributed by atoms with Gasteiger partial charge in [0.15, 0.2) is 0 Å². The van der Waals surface area contributed by atoms with Crippen molar-refractivity contribution in [1.82, 2.24) is 0 Å². The molecule has 4 nitrogen and oxygen atoms in total. The van der Waals surface area contributed by atoms with Crippen LogP contribution < -0.4 is 15.8 Å². The number of benzene rings is 2. The Balaban J connectivity index is 1.86. The standard InChI is InChI=1S/C14H11ClN2O2/c15-8-1-3-9(4-2-8)19-10-5-6-11-12(7-10)17-14(18)13(11)16/h1-7,13H,16H2,(H,17,18). The Labute approximate surface area is 115 Å². The third kappa shape index (κ3) is 2.28. The number of fused-ring (bicyclic) bond motifs is 1.